The molecule has 2 aromatic rings. The molecule has 4 rings (SSSR count). The van der Waals surface area contributed by atoms with Crippen LogP contribution in [0, 0.1) is 19.8 Å². The van der Waals surface area contributed by atoms with E-state index in [4.69, 9.17) is 4.74 Å². The number of rotatable bonds is 4. The van der Waals surface area contributed by atoms with E-state index in [-0.39, 0.29) is 13.5 Å². The smallest absolute Gasteiger partial charge is 0.122 e. The topological polar surface area (TPSA) is 25.4 Å². The predicted octanol–water partition coefficient (Wildman–Crippen LogP) is 4.37. The summed E-state index contributed by atoms with van der Waals surface area (Å²) in [4.78, 5) is 7.13. The van der Waals surface area contributed by atoms with Crippen molar-refractivity contribution in [1.29, 1.82) is 0 Å². The van der Waals surface area contributed by atoms with Crippen LogP contribution in [0.4, 0.5) is 0 Å². The lowest BCUT2D eigenvalue weighted by molar-refractivity contribution is 0.252. The molecule has 0 saturated carbocycles. The Morgan fingerprint density at radius 1 is 1.19 bits per heavy atom. The van der Waals surface area contributed by atoms with E-state index < -0.39 is 0 Å². The number of likely N-dealkylation sites (tertiary alicyclic amines) is 1. The summed E-state index contributed by atoms with van der Waals surface area (Å²) in [7, 11) is 0. The van der Waals surface area contributed by atoms with Gasteiger partial charge in [0, 0.05) is 30.4 Å². The number of fused-ring (bicyclic) bond motifs is 1. The zero-order chi connectivity index (χ0) is 17.4. The molecule has 0 amide bonds. The second-order valence-corrected chi connectivity index (χ2v) is 7.75. The van der Waals surface area contributed by atoms with Gasteiger partial charge in [-0.3, -0.25) is 9.88 Å². The molecule has 0 aliphatic carbocycles. The maximum absolute atomic E-state index is 5.75. The molecule has 1 aromatic heterocycles. The van der Waals surface area contributed by atoms with Gasteiger partial charge in [0.1, 0.15) is 5.75 Å². The summed E-state index contributed by atoms with van der Waals surface area (Å²) in [5.74, 6) is 1.84. The molecule has 4 heteroatoms. The molecule has 1 fully saturated rings. The van der Waals surface area contributed by atoms with Gasteiger partial charge in [-0.1, -0.05) is 12.1 Å². The minimum Gasteiger partial charge on any atom is -0.493 e. The van der Waals surface area contributed by atoms with Gasteiger partial charge in [-0.25, -0.2) is 0 Å². The maximum Gasteiger partial charge on any atom is 0.122 e. The molecule has 140 valence electrons. The zero-order valence-corrected chi connectivity index (χ0v) is 17.1. The number of ether oxygens (including phenoxy) is 1. The highest BCUT2D eigenvalue weighted by molar-refractivity contribution is 7.59. The standard InChI is InChI=1S/C22H28N2O.H2S/c1-15-10-19(11-16(2)23-15)12-18-6-8-24(14-18)17(3)21-5-4-20-7-9-25-22(20)13-21;/h4-5,10-11,13,17-18H,6-9,12,14H2,1-3H3;1H2/t17-,18+;/m0./s1. The van der Waals surface area contributed by atoms with Crippen LogP contribution in [0.15, 0.2) is 30.3 Å². The predicted molar refractivity (Wildman–Crippen MR) is 112 cm³/mol. The molecule has 3 heterocycles. The number of benzene rings is 1. The summed E-state index contributed by atoms with van der Waals surface area (Å²) in [6, 6.07) is 11.8. The van der Waals surface area contributed by atoms with Crippen LogP contribution in [0.1, 0.15) is 47.5 Å². The van der Waals surface area contributed by atoms with Crippen molar-refractivity contribution in [3.63, 3.8) is 0 Å². The molecule has 0 bridgehead atoms. The monoisotopic (exact) mass is 370 g/mol. The average Bonchev–Trinajstić information content (AvgIpc) is 3.21. The first-order chi connectivity index (χ1) is 12.1. The van der Waals surface area contributed by atoms with Gasteiger partial charge in [0.05, 0.1) is 6.61 Å². The molecule has 0 radical (unpaired) electrons. The highest BCUT2D eigenvalue weighted by Crippen LogP contribution is 2.33. The number of pyridine rings is 1. The molecule has 26 heavy (non-hydrogen) atoms. The first-order valence-corrected chi connectivity index (χ1v) is 9.52. The maximum atomic E-state index is 5.75. The first-order valence-electron chi connectivity index (χ1n) is 9.52. The highest BCUT2D eigenvalue weighted by atomic mass is 32.1. The Morgan fingerprint density at radius 3 is 2.73 bits per heavy atom. The quantitative estimate of drug-likeness (QED) is 0.799. The SMILES string of the molecule is Cc1cc(C[C@H]2CCN([C@@H](C)c3ccc4c(c3)OCC4)C2)cc(C)n1.S. The van der Waals surface area contributed by atoms with Gasteiger partial charge in [0.2, 0.25) is 0 Å². The van der Waals surface area contributed by atoms with Gasteiger partial charge in [-0.2, -0.15) is 13.5 Å². The minimum atomic E-state index is 0. The molecule has 2 atom stereocenters. The van der Waals surface area contributed by atoms with E-state index in [0.717, 1.165) is 36.1 Å². The van der Waals surface area contributed by atoms with Gasteiger partial charge in [0.15, 0.2) is 0 Å². The first kappa shape index (κ1) is 19.2. The molecular weight excluding hydrogens is 340 g/mol. The lowest BCUT2D eigenvalue weighted by Gasteiger charge is -2.25. The van der Waals surface area contributed by atoms with Crippen molar-refractivity contribution in [1.82, 2.24) is 9.88 Å². The van der Waals surface area contributed by atoms with Gasteiger partial charge in [-0.05, 0) is 81.0 Å². The van der Waals surface area contributed by atoms with Crippen molar-refractivity contribution in [3.8, 4) is 5.75 Å². The normalized spacial score (nSPS) is 20.3. The van der Waals surface area contributed by atoms with Gasteiger partial charge in [-0.15, -0.1) is 0 Å². The number of aryl methyl sites for hydroxylation is 2. The second kappa shape index (κ2) is 8.01. The van der Waals surface area contributed by atoms with Crippen LogP contribution in [-0.4, -0.2) is 29.6 Å². The van der Waals surface area contributed by atoms with Crippen LogP contribution < -0.4 is 4.74 Å². The summed E-state index contributed by atoms with van der Waals surface area (Å²) in [6.07, 6.45) is 3.51. The fraction of sp³-hybridized carbons (Fsp3) is 0.500. The van der Waals surface area contributed by atoms with E-state index in [1.807, 2.05) is 0 Å². The third kappa shape index (κ3) is 4.07. The summed E-state index contributed by atoms with van der Waals surface area (Å²) in [5.41, 5.74) is 6.46. The van der Waals surface area contributed by atoms with Crippen molar-refractivity contribution in [2.75, 3.05) is 19.7 Å². The summed E-state index contributed by atoms with van der Waals surface area (Å²) in [5, 5.41) is 0. The molecule has 0 spiro atoms. The summed E-state index contributed by atoms with van der Waals surface area (Å²) >= 11 is 0. The largest absolute Gasteiger partial charge is 0.493 e. The van der Waals surface area contributed by atoms with Crippen LogP contribution in [-0.2, 0) is 12.8 Å². The molecule has 0 unspecified atom stereocenters. The fourth-order valence-corrected chi connectivity index (χ4v) is 4.41. The van der Waals surface area contributed by atoms with Crippen LogP contribution in [0.5, 0.6) is 5.75 Å². The van der Waals surface area contributed by atoms with E-state index in [9.17, 15) is 0 Å². The van der Waals surface area contributed by atoms with E-state index in [0.29, 0.717) is 6.04 Å². The molecule has 3 nitrogen and oxygen atoms in total. The highest BCUT2D eigenvalue weighted by Gasteiger charge is 2.27. The zero-order valence-electron chi connectivity index (χ0n) is 16.1. The summed E-state index contributed by atoms with van der Waals surface area (Å²) < 4.78 is 5.75. The van der Waals surface area contributed by atoms with Crippen molar-refractivity contribution >= 4 is 13.5 Å². The Labute approximate surface area is 164 Å². The second-order valence-electron chi connectivity index (χ2n) is 7.75. The van der Waals surface area contributed by atoms with Gasteiger partial charge in [0.25, 0.3) is 0 Å². The Morgan fingerprint density at radius 2 is 1.96 bits per heavy atom. The van der Waals surface area contributed by atoms with Gasteiger partial charge >= 0.3 is 0 Å². The molecular formula is C22H30N2OS. The van der Waals surface area contributed by atoms with Crippen LogP contribution >= 0.6 is 13.5 Å². The lowest BCUT2D eigenvalue weighted by Crippen LogP contribution is -2.25. The van der Waals surface area contributed by atoms with Crippen molar-refractivity contribution < 1.29 is 4.74 Å². The number of nitrogens with zero attached hydrogens (tertiary/aromatic N) is 2. The van der Waals surface area contributed by atoms with Gasteiger partial charge < -0.3 is 4.74 Å². The molecule has 1 aromatic carbocycles. The molecule has 2 aliphatic heterocycles. The van der Waals surface area contributed by atoms with Crippen LogP contribution in [0.2, 0.25) is 0 Å². The van der Waals surface area contributed by atoms with Crippen molar-refractivity contribution in [2.24, 2.45) is 5.92 Å². The fourth-order valence-electron chi connectivity index (χ4n) is 4.41. The van der Waals surface area contributed by atoms with Crippen molar-refractivity contribution in [2.45, 2.75) is 46.1 Å². The lowest BCUT2D eigenvalue weighted by atomic mass is 9.98. The number of hydrogen-bond donors (Lipinski definition) is 0. The van der Waals surface area contributed by atoms with E-state index in [1.54, 1.807) is 0 Å². The van der Waals surface area contributed by atoms with Crippen LogP contribution in [0.3, 0.4) is 0 Å². The van der Waals surface area contributed by atoms with Crippen molar-refractivity contribution in [3.05, 3.63) is 58.4 Å². The Bertz CT molecular complexity index is 756. The average molecular weight is 371 g/mol. The molecule has 2 aliphatic rings. The number of hydrogen-bond acceptors (Lipinski definition) is 3. The molecule has 1 saturated heterocycles. The number of aromatic nitrogens is 1. The van der Waals surface area contributed by atoms with E-state index in [1.165, 1.54) is 42.6 Å². The van der Waals surface area contributed by atoms with E-state index >= 15 is 0 Å². The summed E-state index contributed by atoms with van der Waals surface area (Å²) in [6.45, 7) is 9.72. The minimum absolute atomic E-state index is 0. The third-order valence-corrected chi connectivity index (χ3v) is 5.73. The Kier molecular flexibility index (Phi) is 5.93. The third-order valence-electron chi connectivity index (χ3n) is 5.73. The molecule has 0 N–H and O–H groups in total. The Balaban J connectivity index is 0.00000196. The van der Waals surface area contributed by atoms with Crippen LogP contribution in [0.25, 0.3) is 0 Å². The van der Waals surface area contributed by atoms with E-state index in [2.05, 4.69) is 61.0 Å². The Hall–Kier alpha value is -1.52.